The van der Waals surface area contributed by atoms with Crippen LogP contribution in [0.15, 0.2) is 47.7 Å². The zero-order valence-electron chi connectivity index (χ0n) is 20.2. The van der Waals surface area contributed by atoms with Crippen molar-refractivity contribution in [3.8, 4) is 5.75 Å². The summed E-state index contributed by atoms with van der Waals surface area (Å²) < 4.78 is 0. The summed E-state index contributed by atoms with van der Waals surface area (Å²) in [6.07, 6.45) is 11.6. The Kier molecular flexibility index (Phi) is 10.8. The van der Waals surface area contributed by atoms with Gasteiger partial charge in [-0.2, -0.15) is 0 Å². The number of hydrogen-bond donors (Lipinski definition) is 2. The molecule has 1 aromatic heterocycles. The van der Waals surface area contributed by atoms with Gasteiger partial charge in [0, 0.05) is 35.3 Å². The molecule has 174 valence electrons. The second-order valence-corrected chi connectivity index (χ2v) is 8.50. The Morgan fingerprint density at radius 3 is 2.62 bits per heavy atom. The van der Waals surface area contributed by atoms with Crippen LogP contribution < -0.4 is 5.32 Å². The molecule has 2 atom stereocenters. The van der Waals surface area contributed by atoms with Gasteiger partial charge in [0.25, 0.3) is 0 Å². The van der Waals surface area contributed by atoms with E-state index < -0.39 is 0 Å². The third-order valence-corrected chi connectivity index (χ3v) is 6.10. The number of aromatic nitrogens is 1. The van der Waals surface area contributed by atoms with E-state index in [0.29, 0.717) is 34.8 Å². The summed E-state index contributed by atoms with van der Waals surface area (Å²) in [5.74, 6) is 0.809. The summed E-state index contributed by atoms with van der Waals surface area (Å²) in [6.45, 7) is 11.3. The molecule has 2 aromatic rings. The number of pyridine rings is 1. The van der Waals surface area contributed by atoms with Gasteiger partial charge in [-0.15, -0.1) is 0 Å². The number of aromatic hydroxyl groups is 1. The van der Waals surface area contributed by atoms with Crippen molar-refractivity contribution >= 4 is 23.0 Å². The predicted octanol–water partition coefficient (Wildman–Crippen LogP) is 7.24. The van der Waals surface area contributed by atoms with Crippen molar-refractivity contribution in [2.45, 2.75) is 72.8 Å². The average Bonchev–Trinajstić information content (AvgIpc) is 2.98. The van der Waals surface area contributed by atoms with Crippen LogP contribution in [0.25, 0.3) is 5.70 Å². The Morgan fingerprint density at radius 1 is 1.16 bits per heavy atom. The van der Waals surface area contributed by atoms with Gasteiger partial charge in [-0.1, -0.05) is 71.5 Å². The van der Waals surface area contributed by atoms with Gasteiger partial charge in [0.05, 0.1) is 22.8 Å². The van der Waals surface area contributed by atoms with Crippen molar-refractivity contribution in [1.29, 1.82) is 0 Å². The van der Waals surface area contributed by atoms with E-state index in [1.807, 2.05) is 26.1 Å². The molecule has 1 aromatic carbocycles. The van der Waals surface area contributed by atoms with Crippen LogP contribution in [0, 0.1) is 5.92 Å². The summed E-state index contributed by atoms with van der Waals surface area (Å²) in [6, 6.07) is 7.53. The third-order valence-electron chi connectivity index (χ3n) is 5.79. The maximum atomic E-state index is 10.5. The molecule has 0 radical (unpaired) electrons. The normalized spacial score (nSPS) is 14.7. The lowest BCUT2D eigenvalue weighted by atomic mass is 9.94. The first-order valence-electron chi connectivity index (χ1n) is 12.0. The average molecular weight is 456 g/mol. The highest BCUT2D eigenvalue weighted by molar-refractivity contribution is 6.36. The van der Waals surface area contributed by atoms with Crippen molar-refractivity contribution in [2.24, 2.45) is 10.9 Å². The van der Waals surface area contributed by atoms with Crippen molar-refractivity contribution in [3.63, 3.8) is 0 Å². The van der Waals surface area contributed by atoms with E-state index in [9.17, 15) is 5.11 Å². The monoisotopic (exact) mass is 455 g/mol. The number of nitrogens with one attached hydrogen (secondary N) is 1. The van der Waals surface area contributed by atoms with E-state index in [1.54, 1.807) is 24.4 Å². The Balaban J connectivity index is 0.00000176. The van der Waals surface area contributed by atoms with Gasteiger partial charge in [0.1, 0.15) is 5.75 Å². The molecule has 0 amide bonds. The zero-order valence-corrected chi connectivity index (χ0v) is 20.9. The van der Waals surface area contributed by atoms with Crippen LogP contribution in [0.3, 0.4) is 0 Å². The lowest BCUT2D eigenvalue weighted by Crippen LogP contribution is -2.30. The van der Waals surface area contributed by atoms with Gasteiger partial charge in [-0.3, -0.25) is 9.98 Å². The molecule has 4 nitrogen and oxygen atoms in total. The Bertz CT molecular complexity index is 903. The van der Waals surface area contributed by atoms with Crippen LogP contribution in [-0.4, -0.2) is 28.4 Å². The van der Waals surface area contributed by atoms with Crippen molar-refractivity contribution < 1.29 is 5.11 Å². The lowest BCUT2D eigenvalue weighted by molar-refractivity contribution is 0.400. The molecule has 2 unspecified atom stereocenters. The Labute approximate surface area is 198 Å². The summed E-state index contributed by atoms with van der Waals surface area (Å²) in [5.41, 5.74) is 4.27. The number of phenols is 1. The molecule has 0 bridgehead atoms. The van der Waals surface area contributed by atoms with Gasteiger partial charge in [-0.25, -0.2) is 0 Å². The number of rotatable bonds is 9. The van der Waals surface area contributed by atoms with Crippen LogP contribution in [0.5, 0.6) is 5.75 Å². The van der Waals surface area contributed by atoms with Crippen LogP contribution >= 0.6 is 11.6 Å². The largest absolute Gasteiger partial charge is 0.507 e. The van der Waals surface area contributed by atoms with E-state index in [-0.39, 0.29) is 5.75 Å². The quantitative estimate of drug-likeness (QED) is 0.418. The van der Waals surface area contributed by atoms with Gasteiger partial charge in [0.2, 0.25) is 0 Å². The minimum atomic E-state index is 0.137. The highest BCUT2D eigenvalue weighted by atomic mass is 35.5. The topological polar surface area (TPSA) is 57.5 Å². The van der Waals surface area contributed by atoms with Gasteiger partial charge < -0.3 is 10.4 Å². The number of fused-ring (bicyclic) bond motifs is 1. The second-order valence-electron chi connectivity index (χ2n) is 8.09. The number of phenolic OH excluding ortho intramolecular Hbond substituents is 1. The first-order valence-corrected chi connectivity index (χ1v) is 12.4. The Morgan fingerprint density at radius 2 is 1.94 bits per heavy atom. The molecule has 0 fully saturated rings. The number of halogens is 1. The van der Waals surface area contributed by atoms with Gasteiger partial charge in [-0.05, 0) is 43.0 Å². The molecule has 1 aliphatic rings. The molecular weight excluding hydrogens is 418 g/mol. The molecule has 2 N–H and O–H groups in total. The smallest absolute Gasteiger partial charge is 0.126 e. The first kappa shape index (κ1) is 25.9. The fraction of sp³-hybridized carbons (Fsp3) is 0.481. The number of hydrogen-bond acceptors (Lipinski definition) is 4. The minimum absolute atomic E-state index is 0.137. The standard InChI is InChI=1S/C25H32ClN3O.C2H6/c1-4-6-8-18(15-17(3)5-2)29-22-12-14-28-25(19-11-13-27-16-20(19)22)24-21(26)9-7-10-23(24)30;1-2/h7,9-13,16-18,29-30H,4-6,8,14-15H2,1-3H3;1-2H3. The van der Waals surface area contributed by atoms with Crippen molar-refractivity contribution in [2.75, 3.05) is 6.54 Å². The number of unbranched alkanes of at least 4 members (excludes halogenated alkanes) is 1. The fourth-order valence-corrected chi connectivity index (χ4v) is 4.17. The highest BCUT2D eigenvalue weighted by Crippen LogP contribution is 2.32. The number of nitrogens with zero attached hydrogens (tertiary/aromatic N) is 2. The van der Waals surface area contributed by atoms with Gasteiger partial charge in [0.15, 0.2) is 0 Å². The summed E-state index contributed by atoms with van der Waals surface area (Å²) >= 11 is 6.44. The number of aliphatic imine (C=N–C) groups is 1. The Hall–Kier alpha value is -2.33. The maximum absolute atomic E-state index is 10.5. The molecule has 5 heteroatoms. The molecular formula is C27H38ClN3O. The van der Waals surface area contributed by atoms with Gasteiger partial charge >= 0.3 is 0 Å². The van der Waals surface area contributed by atoms with Crippen molar-refractivity contribution in [3.05, 3.63) is 64.4 Å². The SMILES string of the molecule is CC.CCCCC(CC(C)CC)NC1=CCN=C(c2c(O)cccc2Cl)c2ccncc21. The highest BCUT2D eigenvalue weighted by Gasteiger charge is 2.23. The molecule has 2 heterocycles. The van der Waals surface area contributed by atoms with E-state index in [2.05, 4.69) is 37.1 Å². The molecule has 0 saturated carbocycles. The predicted molar refractivity (Wildman–Crippen MR) is 138 cm³/mol. The molecule has 1 aliphatic heterocycles. The van der Waals surface area contributed by atoms with E-state index >= 15 is 0 Å². The van der Waals surface area contributed by atoms with E-state index in [4.69, 9.17) is 16.6 Å². The molecule has 0 spiro atoms. The third kappa shape index (κ3) is 6.59. The van der Waals surface area contributed by atoms with Crippen LogP contribution in [0.2, 0.25) is 5.02 Å². The molecule has 3 rings (SSSR count). The second kappa shape index (κ2) is 13.3. The minimum Gasteiger partial charge on any atom is -0.507 e. The lowest BCUT2D eigenvalue weighted by Gasteiger charge is -2.25. The summed E-state index contributed by atoms with van der Waals surface area (Å²) in [7, 11) is 0. The maximum Gasteiger partial charge on any atom is 0.126 e. The van der Waals surface area contributed by atoms with Crippen LogP contribution in [0.4, 0.5) is 0 Å². The van der Waals surface area contributed by atoms with Crippen LogP contribution in [-0.2, 0) is 0 Å². The van der Waals surface area contributed by atoms with E-state index in [1.165, 1.54) is 19.3 Å². The summed E-state index contributed by atoms with van der Waals surface area (Å²) in [4.78, 5) is 9.16. The molecule has 0 saturated heterocycles. The molecule has 32 heavy (non-hydrogen) atoms. The fourth-order valence-electron chi connectivity index (χ4n) is 3.91. The number of benzene rings is 1. The summed E-state index contributed by atoms with van der Waals surface area (Å²) in [5, 5.41) is 14.8. The van der Waals surface area contributed by atoms with E-state index in [0.717, 1.165) is 29.7 Å². The van der Waals surface area contributed by atoms with Crippen LogP contribution in [0.1, 0.15) is 83.4 Å². The first-order chi connectivity index (χ1) is 15.5. The molecule has 0 aliphatic carbocycles. The van der Waals surface area contributed by atoms with Crippen molar-refractivity contribution in [1.82, 2.24) is 10.3 Å². The zero-order chi connectivity index (χ0) is 23.5.